The molecule has 1 aliphatic carbocycles. The van der Waals surface area contributed by atoms with Crippen LogP contribution in [0, 0.1) is 18.8 Å². The molecular formula is C18H29N3O3. The van der Waals surface area contributed by atoms with Gasteiger partial charge in [0.25, 0.3) is 5.91 Å². The Labute approximate surface area is 143 Å². The van der Waals surface area contributed by atoms with Gasteiger partial charge in [-0.05, 0) is 38.0 Å². The van der Waals surface area contributed by atoms with Crippen LogP contribution < -0.4 is 0 Å². The van der Waals surface area contributed by atoms with E-state index in [1.807, 2.05) is 4.90 Å². The van der Waals surface area contributed by atoms with Crippen molar-refractivity contribution >= 4 is 5.91 Å². The standard InChI is InChI=1S/C18H29N3O3/c1-12(2)16-10-21(8-4-7-20(16)9-14-5-6-14)18(23)17-15(11-22)13(3)24-19-17/h12,14,16,22H,4-11H2,1-3H3. The second-order valence-corrected chi connectivity index (χ2v) is 7.58. The number of rotatable bonds is 5. The predicted molar refractivity (Wildman–Crippen MR) is 90.6 cm³/mol. The van der Waals surface area contributed by atoms with Crippen LogP contribution in [-0.2, 0) is 6.61 Å². The zero-order chi connectivity index (χ0) is 17.3. The van der Waals surface area contributed by atoms with Gasteiger partial charge in [-0.15, -0.1) is 0 Å². The van der Waals surface area contributed by atoms with E-state index in [1.54, 1.807) is 6.92 Å². The molecule has 0 spiro atoms. The molecule has 0 aromatic carbocycles. The maximum atomic E-state index is 12.9. The minimum Gasteiger partial charge on any atom is -0.391 e. The van der Waals surface area contributed by atoms with Gasteiger partial charge in [-0.25, -0.2) is 0 Å². The Hall–Kier alpha value is -1.40. The molecule has 1 aromatic heterocycles. The molecule has 6 nitrogen and oxygen atoms in total. The maximum absolute atomic E-state index is 12.9. The van der Waals surface area contributed by atoms with Crippen molar-refractivity contribution in [2.45, 2.75) is 52.7 Å². The van der Waals surface area contributed by atoms with Crippen LogP contribution in [0.2, 0.25) is 0 Å². The first kappa shape index (κ1) is 17.4. The average molecular weight is 335 g/mol. The molecule has 2 aliphatic rings. The molecule has 134 valence electrons. The number of aryl methyl sites for hydroxylation is 1. The highest BCUT2D eigenvalue weighted by Crippen LogP contribution is 2.32. The third-order valence-corrected chi connectivity index (χ3v) is 5.34. The largest absolute Gasteiger partial charge is 0.391 e. The SMILES string of the molecule is Cc1onc(C(=O)N2CCCN(CC3CC3)C(C(C)C)C2)c1CO. The van der Waals surface area contributed by atoms with Crippen molar-refractivity contribution in [3.05, 3.63) is 17.0 Å². The van der Waals surface area contributed by atoms with Gasteiger partial charge in [-0.2, -0.15) is 0 Å². The van der Waals surface area contributed by atoms with Gasteiger partial charge in [0.1, 0.15) is 5.76 Å². The first-order valence-corrected chi connectivity index (χ1v) is 9.10. The van der Waals surface area contributed by atoms with E-state index < -0.39 is 0 Å². The highest BCUT2D eigenvalue weighted by Gasteiger charge is 2.34. The van der Waals surface area contributed by atoms with Gasteiger partial charge in [-0.3, -0.25) is 9.69 Å². The minimum absolute atomic E-state index is 0.116. The summed E-state index contributed by atoms with van der Waals surface area (Å²) in [6, 6.07) is 0.377. The lowest BCUT2D eigenvalue weighted by molar-refractivity contribution is 0.0691. The van der Waals surface area contributed by atoms with Crippen LogP contribution in [0.3, 0.4) is 0 Å². The molecule has 0 radical (unpaired) electrons. The van der Waals surface area contributed by atoms with Crippen LogP contribution in [0.4, 0.5) is 0 Å². The number of carbonyl (C=O) groups excluding carboxylic acids is 1. The van der Waals surface area contributed by atoms with E-state index >= 15 is 0 Å². The molecule has 1 unspecified atom stereocenters. The lowest BCUT2D eigenvalue weighted by Crippen LogP contribution is -2.46. The molecule has 1 N–H and O–H groups in total. The summed E-state index contributed by atoms with van der Waals surface area (Å²) in [5.41, 5.74) is 0.785. The van der Waals surface area contributed by atoms with Gasteiger partial charge in [0.15, 0.2) is 5.69 Å². The van der Waals surface area contributed by atoms with Crippen LogP contribution in [0.1, 0.15) is 54.9 Å². The van der Waals surface area contributed by atoms with Crippen LogP contribution in [0.25, 0.3) is 0 Å². The monoisotopic (exact) mass is 335 g/mol. The molecule has 2 heterocycles. The number of hydrogen-bond donors (Lipinski definition) is 1. The number of aliphatic hydroxyl groups excluding tert-OH is 1. The Morgan fingerprint density at radius 2 is 2.12 bits per heavy atom. The molecule has 3 rings (SSSR count). The Bertz CT molecular complexity index is 580. The van der Waals surface area contributed by atoms with Crippen molar-refractivity contribution < 1.29 is 14.4 Å². The Morgan fingerprint density at radius 3 is 2.75 bits per heavy atom. The van der Waals surface area contributed by atoms with E-state index in [9.17, 15) is 9.90 Å². The zero-order valence-corrected chi connectivity index (χ0v) is 15.0. The van der Waals surface area contributed by atoms with Gasteiger partial charge in [0.2, 0.25) is 0 Å². The van der Waals surface area contributed by atoms with E-state index in [-0.39, 0.29) is 18.2 Å². The summed E-state index contributed by atoms with van der Waals surface area (Å²) in [7, 11) is 0. The van der Waals surface area contributed by atoms with Gasteiger partial charge in [-0.1, -0.05) is 19.0 Å². The molecule has 1 saturated heterocycles. The topological polar surface area (TPSA) is 69.8 Å². The summed E-state index contributed by atoms with van der Waals surface area (Å²) in [5, 5.41) is 13.4. The lowest BCUT2D eigenvalue weighted by atomic mass is 10.0. The Balaban J connectivity index is 1.76. The maximum Gasteiger partial charge on any atom is 0.276 e. The second kappa shape index (κ2) is 7.23. The van der Waals surface area contributed by atoms with Crippen molar-refractivity contribution in [3.8, 4) is 0 Å². The Morgan fingerprint density at radius 1 is 1.38 bits per heavy atom. The molecule has 1 atom stereocenters. The quantitative estimate of drug-likeness (QED) is 0.892. The van der Waals surface area contributed by atoms with E-state index in [0.717, 1.165) is 38.5 Å². The number of nitrogens with zero attached hydrogens (tertiary/aromatic N) is 3. The first-order valence-electron chi connectivity index (χ1n) is 9.10. The van der Waals surface area contributed by atoms with Crippen molar-refractivity contribution in [1.29, 1.82) is 0 Å². The third-order valence-electron chi connectivity index (χ3n) is 5.34. The molecule has 1 aromatic rings. The minimum atomic E-state index is -0.217. The number of carbonyl (C=O) groups is 1. The van der Waals surface area contributed by atoms with Crippen LogP contribution >= 0.6 is 0 Å². The highest BCUT2D eigenvalue weighted by atomic mass is 16.5. The molecule has 1 saturated carbocycles. The normalized spacial score (nSPS) is 22.9. The van der Waals surface area contributed by atoms with Crippen LogP contribution in [0.5, 0.6) is 0 Å². The fourth-order valence-corrected chi connectivity index (χ4v) is 3.63. The van der Waals surface area contributed by atoms with Gasteiger partial charge < -0.3 is 14.5 Å². The van der Waals surface area contributed by atoms with E-state index in [1.165, 1.54) is 12.8 Å². The summed E-state index contributed by atoms with van der Waals surface area (Å²) in [6.07, 6.45) is 3.68. The molecule has 0 bridgehead atoms. The van der Waals surface area contributed by atoms with Crippen molar-refractivity contribution in [3.63, 3.8) is 0 Å². The Kier molecular flexibility index (Phi) is 5.25. The summed E-state index contributed by atoms with van der Waals surface area (Å²) >= 11 is 0. The molecular weight excluding hydrogens is 306 g/mol. The fraction of sp³-hybridized carbons (Fsp3) is 0.778. The average Bonchev–Trinajstić information content (AvgIpc) is 3.32. The highest BCUT2D eigenvalue weighted by molar-refractivity contribution is 5.93. The number of hydrogen-bond acceptors (Lipinski definition) is 5. The van der Waals surface area contributed by atoms with E-state index in [2.05, 4.69) is 23.9 Å². The van der Waals surface area contributed by atoms with Crippen molar-refractivity contribution in [2.24, 2.45) is 11.8 Å². The van der Waals surface area contributed by atoms with Crippen LogP contribution in [0.15, 0.2) is 4.52 Å². The van der Waals surface area contributed by atoms with Gasteiger partial charge in [0.05, 0.1) is 12.2 Å². The van der Waals surface area contributed by atoms with Gasteiger partial charge >= 0.3 is 0 Å². The summed E-state index contributed by atoms with van der Waals surface area (Å²) < 4.78 is 5.12. The molecule has 2 fully saturated rings. The van der Waals surface area contributed by atoms with Crippen molar-refractivity contribution in [1.82, 2.24) is 15.0 Å². The third kappa shape index (κ3) is 3.64. The van der Waals surface area contributed by atoms with E-state index in [4.69, 9.17) is 4.52 Å². The number of aromatic nitrogens is 1. The van der Waals surface area contributed by atoms with E-state index in [0.29, 0.717) is 23.3 Å². The first-order chi connectivity index (χ1) is 11.5. The number of amides is 1. The summed E-state index contributed by atoms with van der Waals surface area (Å²) in [4.78, 5) is 17.4. The fourth-order valence-electron chi connectivity index (χ4n) is 3.63. The lowest BCUT2D eigenvalue weighted by Gasteiger charge is -2.34. The van der Waals surface area contributed by atoms with Gasteiger partial charge in [0, 0.05) is 32.2 Å². The molecule has 1 aliphatic heterocycles. The molecule has 6 heteroatoms. The van der Waals surface area contributed by atoms with Crippen LogP contribution in [-0.4, -0.2) is 58.2 Å². The molecule has 24 heavy (non-hydrogen) atoms. The summed E-state index contributed by atoms with van der Waals surface area (Å²) in [6.45, 7) is 9.65. The van der Waals surface area contributed by atoms with Crippen molar-refractivity contribution in [2.75, 3.05) is 26.2 Å². The predicted octanol–water partition coefficient (Wildman–Crippen LogP) is 2.06. The molecule has 1 amide bonds. The number of aliphatic hydroxyl groups is 1. The second-order valence-electron chi connectivity index (χ2n) is 7.58. The smallest absolute Gasteiger partial charge is 0.276 e. The zero-order valence-electron chi connectivity index (χ0n) is 15.0. The summed E-state index contributed by atoms with van der Waals surface area (Å²) in [5.74, 6) is 1.75.